The molecule has 0 bridgehead atoms. The van der Waals surface area contributed by atoms with Crippen LogP contribution in [0.5, 0.6) is 0 Å². The van der Waals surface area contributed by atoms with Gasteiger partial charge in [0.25, 0.3) is 0 Å². The van der Waals surface area contributed by atoms with Crippen molar-refractivity contribution in [1.82, 2.24) is 0 Å². The lowest BCUT2D eigenvalue weighted by atomic mass is 9.69. The van der Waals surface area contributed by atoms with Gasteiger partial charge in [0.05, 0.1) is 12.2 Å². The average Bonchev–Trinajstić information content (AvgIpc) is 3.53. The molecule has 0 N–H and O–H groups in total. The lowest BCUT2D eigenvalue weighted by Gasteiger charge is -2.37. The van der Waals surface area contributed by atoms with E-state index in [2.05, 4.69) is 6.92 Å². The molecule has 2 radical (unpaired) electrons. The molecule has 4 aliphatic carbocycles. The molecule has 1 heteroatoms. The minimum absolute atomic E-state index is 0.0681. The summed E-state index contributed by atoms with van der Waals surface area (Å²) in [5.41, 5.74) is 0. The summed E-state index contributed by atoms with van der Waals surface area (Å²) in [6.45, 7) is 8.29. The molecule has 0 spiro atoms. The van der Waals surface area contributed by atoms with Crippen molar-refractivity contribution in [2.24, 2.45) is 47.3 Å². The molecule has 0 aromatic rings. The monoisotopic (exact) mass is 454 g/mol. The van der Waals surface area contributed by atoms with E-state index in [1.54, 1.807) is 70.6 Å². The maximum absolute atomic E-state index is 5.83. The molecule has 1 heterocycles. The second-order valence-corrected chi connectivity index (χ2v) is 13.9. The Hall–Kier alpha value is -0.0400. The van der Waals surface area contributed by atoms with E-state index in [-0.39, 0.29) is 6.10 Å². The number of hydrogen-bond donors (Lipinski definition) is 0. The first-order chi connectivity index (χ1) is 16.1. The third-order valence-corrected chi connectivity index (χ3v) is 11.2. The van der Waals surface area contributed by atoms with Gasteiger partial charge in [0.1, 0.15) is 0 Å². The van der Waals surface area contributed by atoms with E-state index in [0.717, 1.165) is 47.3 Å². The molecule has 5 fully saturated rings. The van der Waals surface area contributed by atoms with Gasteiger partial charge in [0.15, 0.2) is 0 Å². The van der Waals surface area contributed by atoms with Crippen LogP contribution in [0, 0.1) is 54.3 Å². The quantitative estimate of drug-likeness (QED) is 0.333. The van der Waals surface area contributed by atoms with Crippen molar-refractivity contribution < 1.29 is 4.74 Å². The second kappa shape index (κ2) is 11.8. The normalized spacial score (nSPS) is 46.7. The lowest BCUT2D eigenvalue weighted by molar-refractivity contribution is 0.151. The van der Waals surface area contributed by atoms with Gasteiger partial charge in [-0.1, -0.05) is 110 Å². The molecule has 1 aliphatic heterocycles. The van der Waals surface area contributed by atoms with Crippen LogP contribution in [0.1, 0.15) is 135 Å². The summed E-state index contributed by atoms with van der Waals surface area (Å²) in [6, 6.07) is 0. The maximum Gasteiger partial charge on any atom is 0.0877 e. The summed E-state index contributed by atoms with van der Waals surface area (Å²) in [4.78, 5) is 0. The molecular weight excluding hydrogens is 400 g/mol. The predicted molar refractivity (Wildman–Crippen MR) is 139 cm³/mol. The van der Waals surface area contributed by atoms with Gasteiger partial charge in [0, 0.05) is 0 Å². The highest BCUT2D eigenvalue weighted by atomic mass is 16.6. The molecule has 5 aliphatic rings. The topological polar surface area (TPSA) is 12.5 Å². The number of ether oxygens (including phenoxy) is 1. The van der Waals surface area contributed by atoms with Crippen LogP contribution in [0.2, 0.25) is 0 Å². The standard InChI is InChI=1S/C32H54O/c1-23-3-5-25(6-4-23)19-26-7-9-27(10-8-26)20-28-11-13-29(14-12-28)21-30-15-17-31(18-16-30)22-32-24(2)33-32/h2,23-32H,3-22H2,1H3. The summed E-state index contributed by atoms with van der Waals surface area (Å²) < 4.78 is 5.45. The van der Waals surface area contributed by atoms with Crippen molar-refractivity contribution >= 4 is 0 Å². The highest BCUT2D eigenvalue weighted by molar-refractivity contribution is 4.90. The lowest BCUT2D eigenvalue weighted by Crippen LogP contribution is -2.24. The van der Waals surface area contributed by atoms with E-state index < -0.39 is 0 Å². The summed E-state index contributed by atoms with van der Waals surface area (Å²) in [5, 5.41) is 0. The van der Waals surface area contributed by atoms with Gasteiger partial charge in [-0.25, -0.2) is 0 Å². The highest BCUT2D eigenvalue weighted by Crippen LogP contribution is 2.44. The van der Waals surface area contributed by atoms with Gasteiger partial charge in [-0.2, -0.15) is 0 Å². The van der Waals surface area contributed by atoms with Crippen molar-refractivity contribution in [3.05, 3.63) is 6.92 Å². The molecule has 188 valence electrons. The maximum atomic E-state index is 5.83. The highest BCUT2D eigenvalue weighted by Gasteiger charge is 2.37. The fourth-order valence-electron chi connectivity index (χ4n) is 8.76. The Bertz CT molecular complexity index is 553. The first-order valence-electron chi connectivity index (χ1n) is 15.5. The molecule has 5 rings (SSSR count). The van der Waals surface area contributed by atoms with Crippen molar-refractivity contribution in [2.75, 3.05) is 0 Å². The van der Waals surface area contributed by atoms with Crippen molar-refractivity contribution in [2.45, 2.75) is 148 Å². The van der Waals surface area contributed by atoms with Crippen LogP contribution in [-0.4, -0.2) is 12.2 Å². The Kier molecular flexibility index (Phi) is 8.81. The van der Waals surface area contributed by atoms with Gasteiger partial charge >= 0.3 is 0 Å². The molecule has 2 unspecified atom stereocenters. The Labute approximate surface area is 206 Å². The SMILES string of the molecule is [CH]C1OC1CC1CCC(CC2CCC(CC3CCC(CC4CCC(C)CC4)CC3)CC2)CC1. The molecule has 33 heavy (non-hydrogen) atoms. The largest absolute Gasteiger partial charge is 0.369 e. The van der Waals surface area contributed by atoms with Crippen LogP contribution in [-0.2, 0) is 4.74 Å². The van der Waals surface area contributed by atoms with Crippen LogP contribution < -0.4 is 0 Å². The van der Waals surface area contributed by atoms with E-state index in [9.17, 15) is 0 Å². The first kappa shape index (κ1) is 24.6. The zero-order chi connectivity index (χ0) is 22.6. The molecule has 0 aromatic carbocycles. The number of hydrogen-bond acceptors (Lipinski definition) is 1. The van der Waals surface area contributed by atoms with Crippen molar-refractivity contribution in [1.29, 1.82) is 0 Å². The van der Waals surface area contributed by atoms with E-state index in [0.29, 0.717) is 6.10 Å². The van der Waals surface area contributed by atoms with E-state index >= 15 is 0 Å². The van der Waals surface area contributed by atoms with Crippen LogP contribution in [0.15, 0.2) is 0 Å². The first-order valence-corrected chi connectivity index (χ1v) is 15.5. The summed E-state index contributed by atoms with van der Waals surface area (Å²) >= 11 is 0. The minimum Gasteiger partial charge on any atom is -0.369 e. The van der Waals surface area contributed by atoms with Crippen LogP contribution >= 0.6 is 0 Å². The Morgan fingerprint density at radius 2 is 0.697 bits per heavy atom. The fraction of sp³-hybridized carbons (Fsp3) is 0.969. The third-order valence-electron chi connectivity index (χ3n) is 11.2. The molecule has 1 saturated heterocycles. The molecule has 0 aromatic heterocycles. The third kappa shape index (κ3) is 7.47. The van der Waals surface area contributed by atoms with E-state index in [1.165, 1.54) is 57.8 Å². The molecule has 4 saturated carbocycles. The smallest absolute Gasteiger partial charge is 0.0877 e. The summed E-state index contributed by atoms with van der Waals surface area (Å²) in [5.74, 6) is 8.30. The zero-order valence-corrected chi connectivity index (χ0v) is 21.9. The predicted octanol–water partition coefficient (Wildman–Crippen LogP) is 9.27. The van der Waals surface area contributed by atoms with Crippen molar-refractivity contribution in [3.8, 4) is 0 Å². The summed E-state index contributed by atoms with van der Waals surface area (Å²) in [7, 11) is 0. The van der Waals surface area contributed by atoms with Gasteiger partial charge in [-0.05, 0) is 80.0 Å². The van der Waals surface area contributed by atoms with Crippen LogP contribution in [0.25, 0.3) is 0 Å². The molecule has 1 nitrogen and oxygen atoms in total. The Morgan fingerprint density at radius 3 is 0.970 bits per heavy atom. The van der Waals surface area contributed by atoms with Crippen LogP contribution in [0.4, 0.5) is 0 Å². The van der Waals surface area contributed by atoms with E-state index in [1.807, 2.05) is 0 Å². The van der Waals surface area contributed by atoms with Crippen LogP contribution in [0.3, 0.4) is 0 Å². The van der Waals surface area contributed by atoms with Gasteiger partial charge in [-0.3, -0.25) is 0 Å². The summed E-state index contributed by atoms with van der Waals surface area (Å²) in [6.07, 6.45) is 30.8. The van der Waals surface area contributed by atoms with Gasteiger partial charge in [-0.15, -0.1) is 0 Å². The Balaban J connectivity index is 0.922. The zero-order valence-electron chi connectivity index (χ0n) is 21.9. The molecule has 2 atom stereocenters. The second-order valence-electron chi connectivity index (χ2n) is 13.9. The van der Waals surface area contributed by atoms with E-state index in [4.69, 9.17) is 11.7 Å². The molecular formula is C32H54O. The number of epoxide rings is 1. The Morgan fingerprint density at radius 1 is 0.455 bits per heavy atom. The fourth-order valence-corrected chi connectivity index (χ4v) is 8.76. The van der Waals surface area contributed by atoms with Crippen molar-refractivity contribution in [3.63, 3.8) is 0 Å². The van der Waals surface area contributed by atoms with Gasteiger partial charge < -0.3 is 4.74 Å². The number of rotatable bonds is 8. The average molecular weight is 455 g/mol. The molecule has 0 amide bonds. The minimum atomic E-state index is 0.0681. The van der Waals surface area contributed by atoms with Gasteiger partial charge in [0.2, 0.25) is 0 Å².